The van der Waals surface area contributed by atoms with Gasteiger partial charge in [-0.15, -0.1) is 0 Å². The maximum Gasteiger partial charge on any atom is 0.305 e. The van der Waals surface area contributed by atoms with Crippen molar-refractivity contribution in [2.75, 3.05) is 5.32 Å². The number of carboxylic acid groups (broad SMARTS) is 1. The van der Waals surface area contributed by atoms with Gasteiger partial charge in [0.2, 0.25) is 0 Å². The lowest BCUT2D eigenvalue weighted by molar-refractivity contribution is -0.137. The molecular formula is C21H24ClN5O4. The lowest BCUT2D eigenvalue weighted by atomic mass is 10.1. The van der Waals surface area contributed by atoms with Gasteiger partial charge in [-0.05, 0) is 51.0 Å². The summed E-state index contributed by atoms with van der Waals surface area (Å²) in [4.78, 5) is 23.3. The highest BCUT2D eigenvalue weighted by Crippen LogP contribution is 2.26. The van der Waals surface area contributed by atoms with Crippen molar-refractivity contribution in [2.45, 2.75) is 47.4 Å². The normalized spacial score (nSPS) is 10.9. The van der Waals surface area contributed by atoms with Gasteiger partial charge in [-0.1, -0.05) is 11.6 Å². The molecule has 2 aromatic heterocycles. The summed E-state index contributed by atoms with van der Waals surface area (Å²) < 4.78 is 8.96. The van der Waals surface area contributed by atoms with Crippen LogP contribution in [0.1, 0.15) is 39.3 Å². The number of nitrogens with one attached hydrogen (secondary N) is 1. The predicted molar refractivity (Wildman–Crippen MR) is 116 cm³/mol. The van der Waals surface area contributed by atoms with Gasteiger partial charge in [0.05, 0.1) is 41.8 Å². The van der Waals surface area contributed by atoms with E-state index in [2.05, 4.69) is 15.5 Å². The summed E-state index contributed by atoms with van der Waals surface area (Å²) in [5.41, 5.74) is 4.18. The Morgan fingerprint density at radius 2 is 1.87 bits per heavy atom. The number of ether oxygens (including phenoxy) is 1. The molecule has 3 rings (SSSR count). The molecule has 164 valence electrons. The molecule has 0 saturated heterocycles. The van der Waals surface area contributed by atoms with Crippen LogP contribution >= 0.6 is 11.6 Å². The van der Waals surface area contributed by atoms with Crippen molar-refractivity contribution in [3.8, 4) is 5.75 Å². The second kappa shape index (κ2) is 9.22. The van der Waals surface area contributed by atoms with Crippen molar-refractivity contribution in [1.29, 1.82) is 0 Å². The predicted octanol–water partition coefficient (Wildman–Crippen LogP) is 3.73. The third-order valence-electron chi connectivity index (χ3n) is 4.83. The van der Waals surface area contributed by atoms with Crippen LogP contribution in [0.5, 0.6) is 5.75 Å². The number of aromatic nitrogens is 4. The van der Waals surface area contributed by atoms with E-state index in [0.717, 1.165) is 21.8 Å². The van der Waals surface area contributed by atoms with Crippen molar-refractivity contribution < 1.29 is 19.4 Å². The molecule has 0 saturated carbocycles. The monoisotopic (exact) mass is 445 g/mol. The highest BCUT2D eigenvalue weighted by molar-refractivity contribution is 6.32. The first-order valence-corrected chi connectivity index (χ1v) is 10.0. The number of benzene rings is 1. The fourth-order valence-electron chi connectivity index (χ4n) is 3.13. The van der Waals surface area contributed by atoms with E-state index in [1.54, 1.807) is 11.6 Å². The quantitative estimate of drug-likeness (QED) is 0.546. The number of carbonyl (C=O) groups is 2. The van der Waals surface area contributed by atoms with Crippen LogP contribution in [-0.4, -0.2) is 36.5 Å². The van der Waals surface area contributed by atoms with Crippen LogP contribution in [0, 0.1) is 27.7 Å². The third kappa shape index (κ3) is 5.24. The van der Waals surface area contributed by atoms with Gasteiger partial charge in [-0.25, -0.2) is 4.68 Å². The van der Waals surface area contributed by atoms with Crippen LogP contribution in [0.2, 0.25) is 5.02 Å². The first kappa shape index (κ1) is 22.4. The highest BCUT2D eigenvalue weighted by Gasteiger charge is 2.17. The van der Waals surface area contributed by atoms with E-state index in [0.29, 0.717) is 22.7 Å². The molecule has 31 heavy (non-hydrogen) atoms. The molecule has 2 N–H and O–H groups in total. The van der Waals surface area contributed by atoms with Gasteiger partial charge in [-0.2, -0.15) is 10.2 Å². The summed E-state index contributed by atoms with van der Waals surface area (Å²) in [5, 5.41) is 20.8. The van der Waals surface area contributed by atoms with Gasteiger partial charge in [-0.3, -0.25) is 14.3 Å². The van der Waals surface area contributed by atoms with Crippen molar-refractivity contribution in [3.63, 3.8) is 0 Å². The number of nitrogens with zero attached hydrogens (tertiary/aromatic N) is 4. The largest absolute Gasteiger partial charge is 0.481 e. The van der Waals surface area contributed by atoms with Gasteiger partial charge in [0.15, 0.2) is 6.73 Å². The summed E-state index contributed by atoms with van der Waals surface area (Å²) in [7, 11) is 0. The number of carboxylic acids is 1. The van der Waals surface area contributed by atoms with E-state index in [4.69, 9.17) is 21.4 Å². The molecule has 0 atom stereocenters. The van der Waals surface area contributed by atoms with E-state index in [-0.39, 0.29) is 25.6 Å². The Morgan fingerprint density at radius 1 is 1.19 bits per heavy atom. The van der Waals surface area contributed by atoms with Crippen LogP contribution in [0.25, 0.3) is 0 Å². The number of hydrogen-bond donors (Lipinski definition) is 2. The molecule has 1 amide bonds. The summed E-state index contributed by atoms with van der Waals surface area (Å²) in [6, 6.07) is 3.73. The first-order valence-electron chi connectivity index (χ1n) is 9.65. The van der Waals surface area contributed by atoms with E-state index in [9.17, 15) is 9.59 Å². The lowest BCUT2D eigenvalue weighted by Gasteiger charge is -2.11. The number of aliphatic carboxylic acids is 1. The zero-order valence-electron chi connectivity index (χ0n) is 17.8. The number of aryl methyl sites for hydroxylation is 4. The number of rotatable bonds is 8. The average Bonchev–Trinajstić information content (AvgIpc) is 3.29. The van der Waals surface area contributed by atoms with Crippen LogP contribution in [0.4, 0.5) is 5.69 Å². The van der Waals surface area contributed by atoms with Gasteiger partial charge in [0.25, 0.3) is 5.91 Å². The molecule has 0 unspecified atom stereocenters. The molecule has 0 spiro atoms. The lowest BCUT2D eigenvalue weighted by Crippen LogP contribution is -2.13. The molecule has 9 nitrogen and oxygen atoms in total. The average molecular weight is 446 g/mol. The molecule has 0 aliphatic carbocycles. The summed E-state index contributed by atoms with van der Waals surface area (Å²) >= 11 is 6.20. The molecule has 10 heteroatoms. The van der Waals surface area contributed by atoms with Crippen molar-refractivity contribution in [1.82, 2.24) is 19.6 Å². The molecule has 0 aliphatic rings. The number of halogens is 1. The molecule has 1 aromatic carbocycles. The summed E-state index contributed by atoms with van der Waals surface area (Å²) in [6.07, 6.45) is 2.85. The van der Waals surface area contributed by atoms with E-state index < -0.39 is 5.97 Å². The first-order chi connectivity index (χ1) is 14.7. The molecule has 0 radical (unpaired) electrons. The zero-order chi connectivity index (χ0) is 22.7. The number of hydrogen-bond acceptors (Lipinski definition) is 5. The van der Waals surface area contributed by atoms with Gasteiger partial charge in [0.1, 0.15) is 5.75 Å². The van der Waals surface area contributed by atoms with Gasteiger partial charge >= 0.3 is 5.97 Å². The minimum absolute atomic E-state index is 0.0691. The zero-order valence-corrected chi connectivity index (χ0v) is 18.5. The minimum Gasteiger partial charge on any atom is -0.481 e. The van der Waals surface area contributed by atoms with Crippen LogP contribution in [0.3, 0.4) is 0 Å². The number of amides is 1. The van der Waals surface area contributed by atoms with Crippen molar-refractivity contribution in [3.05, 3.63) is 57.6 Å². The Hall–Kier alpha value is -3.33. The van der Waals surface area contributed by atoms with Crippen molar-refractivity contribution >= 4 is 29.2 Å². The van der Waals surface area contributed by atoms with Crippen LogP contribution in [-0.2, 0) is 18.1 Å². The van der Waals surface area contributed by atoms with Crippen LogP contribution < -0.4 is 10.1 Å². The minimum atomic E-state index is -0.925. The topological polar surface area (TPSA) is 111 Å². The fraction of sp³-hybridized carbons (Fsp3) is 0.333. The number of anilines is 1. The Labute approximate surface area is 184 Å². The third-order valence-corrected chi connectivity index (χ3v) is 5.43. The number of carbonyl (C=O) groups excluding carboxylic acids is 1. The van der Waals surface area contributed by atoms with Crippen LogP contribution in [0.15, 0.2) is 24.5 Å². The smallest absolute Gasteiger partial charge is 0.305 e. The van der Waals surface area contributed by atoms with E-state index >= 15 is 0 Å². The van der Waals surface area contributed by atoms with E-state index in [1.807, 2.05) is 32.9 Å². The molecule has 3 aromatic rings. The summed E-state index contributed by atoms with van der Waals surface area (Å²) in [5.74, 6) is -0.588. The standard InChI is InChI=1S/C21H24ClN5O4/c1-12-7-17(8-13(2)19(12)22)31-11-27-15(4)20(14(3)25-27)24-21(30)16-9-23-26(10-16)6-5-18(28)29/h7-10H,5-6,11H2,1-4H3,(H,24,30)(H,28,29). The Kier molecular flexibility index (Phi) is 6.65. The van der Waals surface area contributed by atoms with Crippen molar-refractivity contribution in [2.24, 2.45) is 0 Å². The molecule has 2 heterocycles. The molecular weight excluding hydrogens is 422 g/mol. The molecule has 0 aliphatic heterocycles. The fourth-order valence-corrected chi connectivity index (χ4v) is 3.24. The Balaban J connectivity index is 1.68. The maximum absolute atomic E-state index is 12.6. The molecule has 0 fully saturated rings. The molecule has 0 bridgehead atoms. The second-order valence-electron chi connectivity index (χ2n) is 7.28. The highest BCUT2D eigenvalue weighted by atomic mass is 35.5. The Bertz CT molecular complexity index is 1110. The van der Waals surface area contributed by atoms with E-state index in [1.165, 1.54) is 17.1 Å². The Morgan fingerprint density at radius 3 is 2.52 bits per heavy atom. The van der Waals surface area contributed by atoms with Gasteiger partial charge in [0, 0.05) is 11.2 Å². The van der Waals surface area contributed by atoms with Gasteiger partial charge < -0.3 is 15.2 Å². The maximum atomic E-state index is 12.6. The second-order valence-corrected chi connectivity index (χ2v) is 7.66. The SMILES string of the molecule is Cc1cc(OCn2nc(C)c(NC(=O)c3cnn(CCC(=O)O)c3)c2C)cc(C)c1Cl. The summed E-state index contributed by atoms with van der Waals surface area (Å²) in [6.45, 7) is 7.85.